The number of hydrogen-bond acceptors (Lipinski definition) is 7. The lowest BCUT2D eigenvalue weighted by atomic mass is 9.87. The molecule has 0 N–H and O–H groups in total. The summed E-state index contributed by atoms with van der Waals surface area (Å²) in [6, 6.07) is 14.3. The van der Waals surface area contributed by atoms with Crippen LogP contribution in [-0.2, 0) is 13.0 Å². The topological polar surface area (TPSA) is 76.6 Å². The van der Waals surface area contributed by atoms with Crippen molar-refractivity contribution in [1.29, 1.82) is 5.26 Å². The van der Waals surface area contributed by atoms with Gasteiger partial charge in [-0.2, -0.15) is 10.4 Å². The minimum atomic E-state index is 0.557. The van der Waals surface area contributed by atoms with Gasteiger partial charge in [0.2, 0.25) is 0 Å². The van der Waals surface area contributed by atoms with Crippen molar-refractivity contribution in [1.82, 2.24) is 24.5 Å². The molecule has 2 bridgehead atoms. The highest BCUT2D eigenvalue weighted by Crippen LogP contribution is 2.37. The quantitative estimate of drug-likeness (QED) is 0.391. The maximum atomic E-state index is 9.70. The number of hydrogen-bond donors (Lipinski definition) is 0. The van der Waals surface area contributed by atoms with Gasteiger partial charge in [-0.25, -0.2) is 9.50 Å². The predicted octanol–water partition coefficient (Wildman–Crippen LogP) is 4.14. The first-order chi connectivity index (χ1) is 18.6. The van der Waals surface area contributed by atoms with Crippen molar-refractivity contribution < 1.29 is 0 Å². The normalized spacial score (nSPS) is 21.3. The number of rotatable bonds is 6. The predicted molar refractivity (Wildman–Crippen MR) is 148 cm³/mol. The summed E-state index contributed by atoms with van der Waals surface area (Å²) in [6.45, 7) is 9.47. The Bertz CT molecular complexity index is 1500. The molecule has 4 aliphatic heterocycles. The second-order valence-electron chi connectivity index (χ2n) is 11.1. The highest BCUT2D eigenvalue weighted by Gasteiger charge is 2.44. The molecule has 2 unspecified atom stereocenters. The van der Waals surface area contributed by atoms with Crippen LogP contribution in [0.1, 0.15) is 37.1 Å². The van der Waals surface area contributed by atoms with Crippen LogP contribution in [0, 0.1) is 17.2 Å². The fourth-order valence-corrected chi connectivity index (χ4v) is 6.33. The van der Waals surface area contributed by atoms with E-state index in [1.807, 2.05) is 23.1 Å². The number of piperazine rings is 1. The van der Waals surface area contributed by atoms with Crippen molar-refractivity contribution >= 4 is 17.0 Å². The van der Waals surface area contributed by atoms with Gasteiger partial charge in [0.15, 0.2) is 0 Å². The zero-order valence-electron chi connectivity index (χ0n) is 22.0. The van der Waals surface area contributed by atoms with Crippen LogP contribution in [0.2, 0.25) is 0 Å². The Balaban J connectivity index is 1.10. The number of aromatic nitrogens is 4. The van der Waals surface area contributed by atoms with Crippen molar-refractivity contribution in [2.45, 2.75) is 45.3 Å². The van der Waals surface area contributed by atoms with Crippen LogP contribution < -0.4 is 9.80 Å². The van der Waals surface area contributed by atoms with Crippen LogP contribution in [0.15, 0.2) is 55.1 Å². The van der Waals surface area contributed by atoms with E-state index in [4.69, 9.17) is 4.98 Å². The molecule has 4 aliphatic rings. The highest BCUT2D eigenvalue weighted by molar-refractivity contribution is 5.86. The van der Waals surface area contributed by atoms with Crippen molar-refractivity contribution in [3.8, 4) is 17.2 Å². The molecule has 0 saturated carbocycles. The van der Waals surface area contributed by atoms with E-state index in [0.29, 0.717) is 23.6 Å². The zero-order valence-corrected chi connectivity index (χ0v) is 22.0. The Morgan fingerprint density at radius 2 is 1.82 bits per heavy atom. The standard InChI is InChI=1S/C30H32N8/c1-3-24-6-4-21(11-32-24)16-37-26-8-27(37)18-36(17-26)29-7-5-22(12-33-29)28-9-25(35-14-20(2)15-35)19-38-30(28)23(10-31)13-34-38/h4-7,9,11-13,19-20,26-27H,3,8,14-18H2,1-2H3. The van der Waals surface area contributed by atoms with Gasteiger partial charge >= 0.3 is 0 Å². The lowest BCUT2D eigenvalue weighted by Gasteiger charge is -2.56. The van der Waals surface area contributed by atoms with E-state index >= 15 is 0 Å². The van der Waals surface area contributed by atoms with Crippen LogP contribution in [0.25, 0.3) is 16.6 Å². The lowest BCUT2D eigenvalue weighted by molar-refractivity contribution is -0.00875. The van der Waals surface area contributed by atoms with Crippen LogP contribution in [0.5, 0.6) is 0 Å². The molecule has 8 heterocycles. The third-order valence-electron chi connectivity index (χ3n) is 8.49. The van der Waals surface area contributed by atoms with E-state index in [1.54, 1.807) is 6.20 Å². The largest absolute Gasteiger partial charge is 0.370 e. The number of pyridine rings is 3. The van der Waals surface area contributed by atoms with Gasteiger partial charge in [0.25, 0.3) is 0 Å². The molecule has 4 aromatic rings. The molecule has 2 atom stereocenters. The molecule has 8 heteroatoms. The molecule has 38 heavy (non-hydrogen) atoms. The first kappa shape index (κ1) is 23.2. The molecule has 4 aromatic heterocycles. The lowest BCUT2D eigenvalue weighted by Crippen LogP contribution is -2.68. The Morgan fingerprint density at radius 3 is 2.47 bits per heavy atom. The Hall–Kier alpha value is -3.96. The first-order valence-electron chi connectivity index (χ1n) is 13.7. The fourth-order valence-electron chi connectivity index (χ4n) is 6.33. The summed E-state index contributed by atoms with van der Waals surface area (Å²) in [4.78, 5) is 16.9. The molecule has 192 valence electrons. The number of anilines is 2. The molecule has 0 aliphatic carbocycles. The highest BCUT2D eigenvalue weighted by atomic mass is 15.4. The summed E-state index contributed by atoms with van der Waals surface area (Å²) in [7, 11) is 0. The Morgan fingerprint density at radius 1 is 0.974 bits per heavy atom. The van der Waals surface area contributed by atoms with E-state index in [2.05, 4.69) is 75.0 Å². The van der Waals surface area contributed by atoms with Gasteiger partial charge in [0.1, 0.15) is 11.9 Å². The molecule has 0 radical (unpaired) electrons. The SMILES string of the molecule is CCc1ccc(CN2C3CC2CN(c2ccc(-c4cc(N5CC(C)C5)cn5ncc(C#N)c45)cn2)C3)cn1. The maximum absolute atomic E-state index is 9.70. The molecular formula is C30H32N8. The summed E-state index contributed by atoms with van der Waals surface area (Å²) >= 11 is 0. The molecule has 4 saturated heterocycles. The Labute approximate surface area is 223 Å². The third-order valence-corrected chi connectivity index (χ3v) is 8.49. The average molecular weight is 505 g/mol. The molecule has 0 aromatic carbocycles. The molecule has 0 spiro atoms. The molecule has 8 nitrogen and oxygen atoms in total. The van der Waals surface area contributed by atoms with Crippen molar-refractivity contribution in [3.05, 3.63) is 71.9 Å². The van der Waals surface area contributed by atoms with Crippen LogP contribution in [0.4, 0.5) is 11.5 Å². The van der Waals surface area contributed by atoms with E-state index in [9.17, 15) is 5.26 Å². The van der Waals surface area contributed by atoms with Crippen molar-refractivity contribution in [2.24, 2.45) is 5.92 Å². The summed E-state index contributed by atoms with van der Waals surface area (Å²) in [5.74, 6) is 1.72. The van der Waals surface area contributed by atoms with E-state index in [-0.39, 0.29) is 0 Å². The minimum Gasteiger partial charge on any atom is -0.370 e. The molecule has 8 rings (SSSR count). The van der Waals surface area contributed by atoms with Crippen LogP contribution >= 0.6 is 0 Å². The number of nitrogens with zero attached hydrogens (tertiary/aromatic N) is 8. The third kappa shape index (κ3) is 3.89. The van der Waals surface area contributed by atoms with E-state index in [0.717, 1.165) is 73.0 Å². The number of nitriles is 1. The van der Waals surface area contributed by atoms with Gasteiger partial charge in [0.05, 0.1) is 29.2 Å². The van der Waals surface area contributed by atoms with Gasteiger partial charge in [-0.15, -0.1) is 0 Å². The monoisotopic (exact) mass is 504 g/mol. The summed E-state index contributed by atoms with van der Waals surface area (Å²) in [5.41, 5.74) is 7.03. The first-order valence-corrected chi connectivity index (χ1v) is 13.7. The van der Waals surface area contributed by atoms with Gasteiger partial charge in [0, 0.05) is 74.0 Å². The van der Waals surface area contributed by atoms with Gasteiger partial charge < -0.3 is 9.80 Å². The number of fused-ring (bicyclic) bond motifs is 3. The average Bonchev–Trinajstić information content (AvgIpc) is 3.37. The van der Waals surface area contributed by atoms with Crippen molar-refractivity contribution in [2.75, 3.05) is 36.0 Å². The van der Waals surface area contributed by atoms with Gasteiger partial charge in [-0.1, -0.05) is 19.9 Å². The smallest absolute Gasteiger partial charge is 0.128 e. The molecule has 0 amide bonds. The number of aryl methyl sites for hydroxylation is 1. The summed E-state index contributed by atoms with van der Waals surface area (Å²) < 4.78 is 1.85. The number of piperidine rings is 1. The minimum absolute atomic E-state index is 0.557. The van der Waals surface area contributed by atoms with E-state index < -0.39 is 0 Å². The Kier molecular flexibility index (Phi) is 5.55. The molecular weight excluding hydrogens is 472 g/mol. The zero-order chi connectivity index (χ0) is 25.8. The second-order valence-corrected chi connectivity index (χ2v) is 11.1. The van der Waals surface area contributed by atoms with Crippen molar-refractivity contribution in [3.63, 3.8) is 0 Å². The molecule has 4 fully saturated rings. The fraction of sp³-hybridized carbons (Fsp3) is 0.400. The summed E-state index contributed by atoms with van der Waals surface area (Å²) in [5, 5.41) is 14.2. The van der Waals surface area contributed by atoms with Gasteiger partial charge in [-0.05, 0) is 48.6 Å². The maximum Gasteiger partial charge on any atom is 0.128 e. The van der Waals surface area contributed by atoms with Gasteiger partial charge in [-0.3, -0.25) is 9.88 Å². The van der Waals surface area contributed by atoms with E-state index in [1.165, 1.54) is 12.0 Å². The summed E-state index contributed by atoms with van der Waals surface area (Å²) in [6.07, 6.45) is 9.92. The second kappa shape index (κ2) is 9.10. The van der Waals surface area contributed by atoms with Crippen LogP contribution in [-0.4, -0.2) is 62.7 Å². The van der Waals surface area contributed by atoms with Crippen LogP contribution in [0.3, 0.4) is 0 Å².